The molecule has 0 aliphatic carbocycles. The van der Waals surface area contributed by atoms with E-state index in [1.165, 1.54) is 0 Å². The van der Waals surface area contributed by atoms with Crippen LogP contribution in [0.1, 0.15) is 17.4 Å². The van der Waals surface area contributed by atoms with Crippen molar-refractivity contribution in [3.8, 4) is 0 Å². The summed E-state index contributed by atoms with van der Waals surface area (Å²) in [6.45, 7) is 0. The smallest absolute Gasteiger partial charge is 0.108 e. The van der Waals surface area contributed by atoms with Gasteiger partial charge in [-0.1, -0.05) is 12.1 Å². The molecule has 19 heavy (non-hydrogen) atoms. The van der Waals surface area contributed by atoms with E-state index in [9.17, 15) is 0 Å². The summed E-state index contributed by atoms with van der Waals surface area (Å²) in [5.74, 6) is 5.60. The summed E-state index contributed by atoms with van der Waals surface area (Å²) in [6.07, 6.45) is 6.58. The highest BCUT2D eigenvalue weighted by Gasteiger charge is 2.16. The zero-order valence-electron chi connectivity index (χ0n) is 10.1. The van der Waals surface area contributed by atoms with Crippen molar-refractivity contribution in [1.82, 2.24) is 25.4 Å². The lowest BCUT2D eigenvalue weighted by Gasteiger charge is -2.14. The molecule has 0 saturated carbocycles. The highest BCUT2D eigenvalue weighted by molar-refractivity contribution is 5.73. The maximum absolute atomic E-state index is 5.60. The second-order valence-corrected chi connectivity index (χ2v) is 4.01. The van der Waals surface area contributed by atoms with Crippen LogP contribution in [0.15, 0.2) is 49.1 Å². The molecule has 3 rings (SSSR count). The summed E-state index contributed by atoms with van der Waals surface area (Å²) in [5.41, 5.74) is 5.78. The maximum Gasteiger partial charge on any atom is 0.108 e. The molecule has 2 heterocycles. The van der Waals surface area contributed by atoms with Crippen LogP contribution in [0, 0.1) is 0 Å². The van der Waals surface area contributed by atoms with E-state index in [1.807, 2.05) is 24.3 Å². The van der Waals surface area contributed by atoms with Crippen molar-refractivity contribution in [2.24, 2.45) is 5.84 Å². The predicted octanol–water partition coefficient (Wildman–Crippen LogP) is 0.972. The van der Waals surface area contributed by atoms with Gasteiger partial charge >= 0.3 is 0 Å². The monoisotopic (exact) mass is 252 g/mol. The minimum atomic E-state index is -0.328. The summed E-state index contributed by atoms with van der Waals surface area (Å²) in [6, 6.07) is 7.35. The van der Waals surface area contributed by atoms with Crippen molar-refractivity contribution in [1.29, 1.82) is 0 Å². The van der Waals surface area contributed by atoms with E-state index in [2.05, 4.69) is 25.4 Å². The molecule has 0 fully saturated rings. The molecule has 0 aliphatic heterocycles. The standard InChI is InChI=1S/C13H12N6/c14-19-13(11-7-15-5-6-16-11)12-8-17-9-3-1-2-4-10(9)18-12/h1-8,13,19H,14H2. The van der Waals surface area contributed by atoms with Crippen LogP contribution >= 0.6 is 0 Å². The zero-order valence-corrected chi connectivity index (χ0v) is 10.1. The third-order valence-electron chi connectivity index (χ3n) is 2.81. The second kappa shape index (κ2) is 5.05. The Morgan fingerprint density at radius 2 is 1.79 bits per heavy atom. The van der Waals surface area contributed by atoms with E-state index >= 15 is 0 Å². The van der Waals surface area contributed by atoms with Gasteiger partial charge in [-0.15, -0.1) is 0 Å². The molecule has 1 atom stereocenters. The van der Waals surface area contributed by atoms with Gasteiger partial charge in [0.1, 0.15) is 6.04 Å². The molecule has 94 valence electrons. The molecule has 3 aromatic rings. The van der Waals surface area contributed by atoms with Gasteiger partial charge in [0.25, 0.3) is 0 Å². The summed E-state index contributed by atoms with van der Waals surface area (Å²) in [4.78, 5) is 17.2. The van der Waals surface area contributed by atoms with E-state index in [4.69, 9.17) is 5.84 Å². The molecule has 1 aromatic carbocycles. The first-order valence-electron chi connectivity index (χ1n) is 5.82. The molecule has 0 saturated heterocycles. The zero-order chi connectivity index (χ0) is 13.1. The number of nitrogens with two attached hydrogens (primary N) is 1. The van der Waals surface area contributed by atoms with Crippen LogP contribution in [0.2, 0.25) is 0 Å². The van der Waals surface area contributed by atoms with E-state index in [0.29, 0.717) is 11.4 Å². The van der Waals surface area contributed by atoms with E-state index in [1.54, 1.807) is 24.8 Å². The van der Waals surface area contributed by atoms with Gasteiger partial charge in [-0.25, -0.2) is 10.4 Å². The lowest BCUT2D eigenvalue weighted by Crippen LogP contribution is -2.30. The number of hydrogen-bond acceptors (Lipinski definition) is 6. The second-order valence-electron chi connectivity index (χ2n) is 4.01. The van der Waals surface area contributed by atoms with Crippen LogP contribution < -0.4 is 11.3 Å². The molecule has 6 nitrogen and oxygen atoms in total. The van der Waals surface area contributed by atoms with E-state index < -0.39 is 0 Å². The average Bonchev–Trinajstić information content (AvgIpc) is 2.49. The first-order chi connectivity index (χ1) is 9.38. The third kappa shape index (κ3) is 2.26. The predicted molar refractivity (Wildman–Crippen MR) is 70.7 cm³/mol. The number of para-hydroxylation sites is 2. The van der Waals surface area contributed by atoms with Crippen molar-refractivity contribution in [2.45, 2.75) is 6.04 Å². The quantitative estimate of drug-likeness (QED) is 0.533. The molecule has 0 bridgehead atoms. The van der Waals surface area contributed by atoms with E-state index in [-0.39, 0.29) is 6.04 Å². The van der Waals surface area contributed by atoms with Crippen LogP contribution in [0.25, 0.3) is 11.0 Å². The third-order valence-corrected chi connectivity index (χ3v) is 2.81. The van der Waals surface area contributed by atoms with Gasteiger partial charge in [0, 0.05) is 12.4 Å². The van der Waals surface area contributed by atoms with Crippen molar-refractivity contribution < 1.29 is 0 Å². The molecule has 0 amide bonds. The van der Waals surface area contributed by atoms with Gasteiger partial charge in [-0.05, 0) is 12.1 Å². The number of rotatable bonds is 3. The van der Waals surface area contributed by atoms with Crippen LogP contribution in [0.4, 0.5) is 0 Å². The van der Waals surface area contributed by atoms with Gasteiger partial charge in [0.15, 0.2) is 0 Å². The fourth-order valence-electron chi connectivity index (χ4n) is 1.89. The minimum absolute atomic E-state index is 0.328. The van der Waals surface area contributed by atoms with Crippen LogP contribution in [-0.4, -0.2) is 19.9 Å². The Morgan fingerprint density at radius 3 is 2.53 bits per heavy atom. The van der Waals surface area contributed by atoms with Crippen molar-refractivity contribution in [3.05, 3.63) is 60.4 Å². The fraction of sp³-hybridized carbons (Fsp3) is 0.0769. The number of fused-ring (bicyclic) bond motifs is 1. The molecule has 0 spiro atoms. The fourth-order valence-corrected chi connectivity index (χ4v) is 1.89. The van der Waals surface area contributed by atoms with Crippen molar-refractivity contribution in [3.63, 3.8) is 0 Å². The van der Waals surface area contributed by atoms with Gasteiger partial charge in [-0.3, -0.25) is 20.8 Å². The molecular weight excluding hydrogens is 240 g/mol. The summed E-state index contributed by atoms with van der Waals surface area (Å²) >= 11 is 0. The number of nitrogens with zero attached hydrogens (tertiary/aromatic N) is 4. The van der Waals surface area contributed by atoms with Crippen LogP contribution in [0.3, 0.4) is 0 Å². The van der Waals surface area contributed by atoms with Crippen LogP contribution in [0.5, 0.6) is 0 Å². The van der Waals surface area contributed by atoms with E-state index in [0.717, 1.165) is 11.0 Å². The Bertz CT molecular complexity index is 685. The summed E-state index contributed by atoms with van der Waals surface area (Å²) in [5, 5.41) is 0. The maximum atomic E-state index is 5.60. The number of hydrogen-bond donors (Lipinski definition) is 2. The molecular formula is C13H12N6. The summed E-state index contributed by atoms with van der Waals surface area (Å²) < 4.78 is 0. The van der Waals surface area contributed by atoms with Crippen molar-refractivity contribution in [2.75, 3.05) is 0 Å². The topological polar surface area (TPSA) is 89.6 Å². The molecule has 3 N–H and O–H groups in total. The lowest BCUT2D eigenvalue weighted by atomic mass is 10.1. The first-order valence-corrected chi connectivity index (χ1v) is 5.82. The number of nitrogens with one attached hydrogen (secondary N) is 1. The minimum Gasteiger partial charge on any atom is -0.270 e. The van der Waals surface area contributed by atoms with Crippen molar-refractivity contribution >= 4 is 11.0 Å². The lowest BCUT2D eigenvalue weighted by molar-refractivity contribution is 0.602. The molecule has 0 aliphatic rings. The molecule has 6 heteroatoms. The van der Waals surface area contributed by atoms with Gasteiger partial charge < -0.3 is 0 Å². The normalized spacial score (nSPS) is 12.5. The van der Waals surface area contributed by atoms with Gasteiger partial charge in [0.2, 0.25) is 0 Å². The Balaban J connectivity index is 2.06. The highest BCUT2D eigenvalue weighted by atomic mass is 15.2. The van der Waals surface area contributed by atoms with Crippen LogP contribution in [-0.2, 0) is 0 Å². The average molecular weight is 252 g/mol. The first kappa shape index (κ1) is 11.6. The Labute approximate surface area is 109 Å². The molecule has 2 aromatic heterocycles. The Morgan fingerprint density at radius 1 is 0.947 bits per heavy atom. The number of hydrazine groups is 1. The van der Waals surface area contributed by atoms with Gasteiger partial charge in [0.05, 0.1) is 34.8 Å². The summed E-state index contributed by atoms with van der Waals surface area (Å²) in [7, 11) is 0. The van der Waals surface area contributed by atoms with Gasteiger partial charge in [-0.2, -0.15) is 0 Å². The Kier molecular flexibility index (Phi) is 3.09. The molecule has 1 unspecified atom stereocenters. The molecule has 0 radical (unpaired) electrons. The highest BCUT2D eigenvalue weighted by Crippen LogP contribution is 2.18. The Hall–Kier alpha value is -2.44. The number of aromatic nitrogens is 4. The largest absolute Gasteiger partial charge is 0.270 e. The number of benzene rings is 1. The SMILES string of the molecule is NNC(c1cnccn1)c1cnc2ccccc2n1.